The molecule has 0 bridgehead atoms. The summed E-state index contributed by atoms with van der Waals surface area (Å²) in [6, 6.07) is 9.39. The van der Waals surface area contributed by atoms with Crippen LogP contribution in [0, 0.1) is 0 Å². The van der Waals surface area contributed by atoms with E-state index in [-0.39, 0.29) is 10.1 Å². The fourth-order valence-corrected chi connectivity index (χ4v) is 3.92. The van der Waals surface area contributed by atoms with E-state index in [9.17, 15) is 13.2 Å². The molecule has 0 aliphatic carbocycles. The molecule has 1 heterocycles. The first kappa shape index (κ1) is 19.6. The molecule has 6 nitrogen and oxygen atoms in total. The normalized spacial score (nSPS) is 11.7. The van der Waals surface area contributed by atoms with Gasteiger partial charge in [0.15, 0.2) is 0 Å². The number of carbonyl (C=O) groups excluding carboxylic acids is 1. The molecule has 0 radical (unpaired) electrons. The number of thiophene rings is 1. The third-order valence-electron chi connectivity index (χ3n) is 3.89. The van der Waals surface area contributed by atoms with Gasteiger partial charge in [-0.3, -0.25) is 9.69 Å². The van der Waals surface area contributed by atoms with Gasteiger partial charge < -0.3 is 5.32 Å². The van der Waals surface area contributed by atoms with Gasteiger partial charge in [0.05, 0.1) is 5.56 Å². The van der Waals surface area contributed by atoms with Crippen molar-refractivity contribution in [2.45, 2.75) is 31.1 Å². The van der Waals surface area contributed by atoms with E-state index in [1.165, 1.54) is 17.0 Å². The number of nitrogens with two attached hydrogens (primary N) is 1. The molecule has 0 aliphatic rings. The predicted molar refractivity (Wildman–Crippen MR) is 99.9 cm³/mol. The Morgan fingerprint density at radius 3 is 2.28 bits per heavy atom. The van der Waals surface area contributed by atoms with Crippen molar-refractivity contribution in [3.8, 4) is 0 Å². The van der Waals surface area contributed by atoms with Crippen LogP contribution in [0.2, 0.25) is 0 Å². The topological polar surface area (TPSA) is 92.5 Å². The second kappa shape index (κ2) is 8.57. The molecule has 3 N–H and O–H groups in total. The zero-order chi connectivity index (χ0) is 18.4. The lowest BCUT2D eigenvalue weighted by molar-refractivity contribution is 0.0951. The quantitative estimate of drug-likeness (QED) is 0.733. The summed E-state index contributed by atoms with van der Waals surface area (Å²) in [5, 5.41) is 9.32. The molecule has 8 heteroatoms. The number of primary sulfonamides is 1. The number of hydrogen-bond donors (Lipinski definition) is 2. The lowest BCUT2D eigenvalue weighted by Crippen LogP contribution is -2.23. The number of hydrogen-bond acceptors (Lipinski definition) is 5. The van der Waals surface area contributed by atoms with Crippen LogP contribution in [0.3, 0.4) is 0 Å². The molecule has 0 fully saturated rings. The lowest BCUT2D eigenvalue weighted by atomic mass is 10.1. The van der Waals surface area contributed by atoms with Gasteiger partial charge in [-0.15, -0.1) is 11.3 Å². The first-order chi connectivity index (χ1) is 11.8. The summed E-state index contributed by atoms with van der Waals surface area (Å²) in [6.07, 6.45) is 0. The van der Waals surface area contributed by atoms with Crippen LogP contribution < -0.4 is 10.5 Å². The molecule has 1 aromatic carbocycles. The van der Waals surface area contributed by atoms with Gasteiger partial charge in [-0.2, -0.15) is 0 Å². The van der Waals surface area contributed by atoms with E-state index in [1.807, 2.05) is 12.1 Å². The summed E-state index contributed by atoms with van der Waals surface area (Å²) in [4.78, 5) is 14.4. The second-order valence-electron chi connectivity index (χ2n) is 5.66. The molecule has 2 rings (SSSR count). The molecule has 0 unspecified atom stereocenters. The van der Waals surface area contributed by atoms with Crippen molar-refractivity contribution in [1.82, 2.24) is 10.2 Å². The Kier molecular flexibility index (Phi) is 6.71. The molecular weight excluding hydrogens is 358 g/mol. The van der Waals surface area contributed by atoms with Gasteiger partial charge in [0.1, 0.15) is 4.21 Å². The summed E-state index contributed by atoms with van der Waals surface area (Å²) < 4.78 is 22.5. The Bertz CT molecular complexity index is 810. The maximum atomic E-state index is 12.1. The van der Waals surface area contributed by atoms with Gasteiger partial charge in [-0.25, -0.2) is 13.6 Å². The average Bonchev–Trinajstić information content (AvgIpc) is 3.09. The Morgan fingerprint density at radius 1 is 1.16 bits per heavy atom. The van der Waals surface area contributed by atoms with Crippen LogP contribution >= 0.6 is 11.3 Å². The average molecular weight is 382 g/mol. The van der Waals surface area contributed by atoms with E-state index in [4.69, 9.17) is 5.14 Å². The molecule has 0 spiro atoms. The van der Waals surface area contributed by atoms with E-state index in [0.29, 0.717) is 12.1 Å². The van der Waals surface area contributed by atoms with Crippen molar-refractivity contribution in [3.63, 3.8) is 0 Å². The van der Waals surface area contributed by atoms with Crippen molar-refractivity contribution >= 4 is 27.3 Å². The van der Waals surface area contributed by atoms with Crippen LogP contribution in [0.4, 0.5) is 0 Å². The minimum atomic E-state index is -3.77. The molecule has 25 heavy (non-hydrogen) atoms. The second-order valence-corrected chi connectivity index (χ2v) is 8.36. The summed E-state index contributed by atoms with van der Waals surface area (Å²) in [6.45, 7) is 7.58. The number of sulfonamides is 1. The maximum Gasteiger partial charge on any atom is 0.252 e. The summed E-state index contributed by atoms with van der Waals surface area (Å²) in [7, 11) is -3.77. The highest BCUT2D eigenvalue weighted by Crippen LogP contribution is 2.18. The number of nitrogens with one attached hydrogen (secondary N) is 1. The molecule has 2 aromatic rings. The number of benzene rings is 1. The minimum absolute atomic E-state index is 0.0154. The molecule has 0 aliphatic heterocycles. The summed E-state index contributed by atoms with van der Waals surface area (Å²) in [5.74, 6) is -0.321. The summed E-state index contributed by atoms with van der Waals surface area (Å²) in [5.41, 5.74) is 2.51. The highest BCUT2D eigenvalue weighted by molar-refractivity contribution is 7.91. The third kappa shape index (κ3) is 5.64. The van der Waals surface area contributed by atoms with E-state index in [0.717, 1.165) is 36.5 Å². The molecule has 1 amide bonds. The van der Waals surface area contributed by atoms with Crippen molar-refractivity contribution in [2.75, 3.05) is 13.1 Å². The van der Waals surface area contributed by atoms with Crippen LogP contribution in [0.1, 0.15) is 35.3 Å². The number of carbonyl (C=O) groups is 1. The molecule has 0 atom stereocenters. The molecule has 136 valence electrons. The number of amides is 1. The van der Waals surface area contributed by atoms with Crippen molar-refractivity contribution in [3.05, 3.63) is 52.4 Å². The molecule has 0 saturated heterocycles. The van der Waals surface area contributed by atoms with Crippen LogP contribution in [0.5, 0.6) is 0 Å². The van der Waals surface area contributed by atoms with Gasteiger partial charge in [0.25, 0.3) is 5.91 Å². The first-order valence-corrected chi connectivity index (χ1v) is 10.5. The molecule has 1 aromatic heterocycles. The summed E-state index contributed by atoms with van der Waals surface area (Å²) >= 11 is 0.940. The first-order valence-electron chi connectivity index (χ1n) is 8.03. The largest absolute Gasteiger partial charge is 0.348 e. The van der Waals surface area contributed by atoms with E-state index >= 15 is 0 Å². The van der Waals surface area contributed by atoms with Crippen LogP contribution in [0.15, 0.2) is 39.9 Å². The maximum absolute atomic E-state index is 12.1. The third-order valence-corrected chi connectivity index (χ3v) is 6.28. The lowest BCUT2D eigenvalue weighted by Gasteiger charge is -2.18. The van der Waals surface area contributed by atoms with Gasteiger partial charge in [0, 0.05) is 18.5 Å². The van der Waals surface area contributed by atoms with Gasteiger partial charge in [-0.05, 0) is 30.3 Å². The smallest absolute Gasteiger partial charge is 0.252 e. The Morgan fingerprint density at radius 2 is 1.76 bits per heavy atom. The zero-order valence-electron chi connectivity index (χ0n) is 14.4. The Balaban J connectivity index is 1.92. The van der Waals surface area contributed by atoms with Gasteiger partial charge in [-0.1, -0.05) is 38.1 Å². The zero-order valence-corrected chi connectivity index (χ0v) is 16.0. The van der Waals surface area contributed by atoms with Crippen molar-refractivity contribution < 1.29 is 13.2 Å². The van der Waals surface area contributed by atoms with Crippen molar-refractivity contribution in [1.29, 1.82) is 0 Å². The predicted octanol–water partition coefficient (Wildman–Crippen LogP) is 2.17. The fourth-order valence-electron chi connectivity index (χ4n) is 2.34. The Labute approximate surface area is 152 Å². The van der Waals surface area contributed by atoms with Crippen LogP contribution in [0.25, 0.3) is 0 Å². The number of rotatable bonds is 8. The van der Waals surface area contributed by atoms with Crippen molar-refractivity contribution in [2.24, 2.45) is 5.14 Å². The van der Waals surface area contributed by atoms with E-state index < -0.39 is 10.0 Å². The monoisotopic (exact) mass is 381 g/mol. The highest BCUT2D eigenvalue weighted by atomic mass is 32.2. The van der Waals surface area contributed by atoms with Gasteiger partial charge in [0.2, 0.25) is 10.0 Å². The minimum Gasteiger partial charge on any atom is -0.348 e. The van der Waals surface area contributed by atoms with E-state index in [2.05, 4.69) is 36.2 Å². The number of nitrogens with zero attached hydrogens (tertiary/aromatic N) is 1. The van der Waals surface area contributed by atoms with Crippen LogP contribution in [-0.2, 0) is 23.1 Å². The molecular formula is C17H23N3O3S2. The van der Waals surface area contributed by atoms with Crippen LogP contribution in [-0.4, -0.2) is 32.3 Å². The highest BCUT2D eigenvalue weighted by Gasteiger charge is 2.15. The Hall–Kier alpha value is -1.74. The SMILES string of the molecule is CCN(CC)Cc1ccc(CNC(=O)c2csc(S(N)(=O)=O)c2)cc1. The van der Waals surface area contributed by atoms with Gasteiger partial charge >= 0.3 is 0 Å². The van der Waals surface area contributed by atoms with E-state index in [1.54, 1.807) is 0 Å². The standard InChI is InChI=1S/C17H23N3O3S2/c1-3-20(4-2)11-14-7-5-13(6-8-14)10-19-17(21)15-9-16(24-12-15)25(18,22)23/h5-9,12H,3-4,10-11H2,1-2H3,(H,19,21)(H2,18,22,23). The molecule has 0 saturated carbocycles. The fraction of sp³-hybridized carbons (Fsp3) is 0.353.